The Hall–Kier alpha value is -16.5. The van der Waals surface area contributed by atoms with E-state index in [1.807, 2.05) is 29.0 Å². The smallest absolute Gasteiger partial charge is 0.417 e. The van der Waals surface area contributed by atoms with Crippen molar-refractivity contribution >= 4 is 197 Å². The quantitative estimate of drug-likeness (QED) is 0.0364. The number of para-hydroxylation sites is 2. The molecule has 0 unspecified atom stereocenters. The van der Waals surface area contributed by atoms with Crippen LogP contribution in [0.5, 0.6) is 11.5 Å². The Kier molecular flexibility index (Phi) is 25.9. The number of pyridine rings is 1. The minimum atomic E-state index is -5.07. The third-order valence-electron chi connectivity index (χ3n) is 23.0. The van der Waals surface area contributed by atoms with Crippen molar-refractivity contribution in [3.05, 3.63) is 337 Å². The molecule has 0 saturated carbocycles. The van der Waals surface area contributed by atoms with E-state index >= 15 is 0 Å². The molecule has 2 aliphatic rings. The number of nitrogens with one attached hydrogen (secondary N) is 4. The summed E-state index contributed by atoms with van der Waals surface area (Å²) < 4.78 is 120. The number of fused-ring (bicyclic) bond motifs is 8. The van der Waals surface area contributed by atoms with Gasteiger partial charge in [-0.15, -0.1) is 0 Å². The summed E-state index contributed by atoms with van der Waals surface area (Å²) in [7, 11) is 0.316. The van der Waals surface area contributed by atoms with Crippen LogP contribution in [-0.2, 0) is 88.1 Å². The Bertz CT molecular complexity index is 8760. The zero-order chi connectivity index (χ0) is 101. The fourth-order valence-corrected chi connectivity index (χ4v) is 19.6. The molecule has 37 nitrogen and oxygen atoms in total. The molecular weight excluding hydrogens is 1950 g/mol. The Balaban J connectivity index is 0.000000136. The number of sulfonamides is 2. The summed E-state index contributed by atoms with van der Waals surface area (Å²) >= 11 is 24.6. The number of benzene rings is 9. The zero-order valence-corrected chi connectivity index (χ0v) is 77.9. The molecule has 140 heavy (non-hydrogen) atoms. The number of rotatable bonds is 17. The van der Waals surface area contributed by atoms with E-state index in [1.165, 1.54) is 107 Å². The molecule has 17 aromatic rings. The number of alkyl halides is 3. The number of nitrogens with zero attached hydrogens (tertiary/aromatic N) is 11. The molecule has 712 valence electrons. The van der Waals surface area contributed by atoms with Crippen molar-refractivity contribution in [3.8, 4) is 22.9 Å². The molecule has 19 rings (SSSR count). The van der Waals surface area contributed by atoms with Gasteiger partial charge in [-0.1, -0.05) is 94.9 Å². The summed E-state index contributed by atoms with van der Waals surface area (Å²) in [6.07, 6.45) is -0.763. The van der Waals surface area contributed by atoms with Crippen LogP contribution in [0.4, 0.5) is 24.5 Å². The fraction of sp³-hybridized carbons (Fsp3) is 0.117. The van der Waals surface area contributed by atoms with Gasteiger partial charge in [-0.3, -0.25) is 43.3 Å². The number of anilines is 2. The number of aromatic carboxylic acids is 2. The minimum Gasteiger partial charge on any atom is -0.497 e. The van der Waals surface area contributed by atoms with Crippen LogP contribution < -0.4 is 51.2 Å². The number of imidazole rings is 1. The number of aromatic amines is 2. The van der Waals surface area contributed by atoms with Crippen molar-refractivity contribution in [2.24, 2.45) is 28.2 Å². The van der Waals surface area contributed by atoms with Gasteiger partial charge in [-0.25, -0.2) is 74.2 Å². The first-order valence-electron chi connectivity index (χ1n) is 41.0. The van der Waals surface area contributed by atoms with Gasteiger partial charge in [-0.05, 0) is 157 Å². The molecule has 10 heterocycles. The summed E-state index contributed by atoms with van der Waals surface area (Å²) in [6.45, 7) is 0.341. The molecule has 6 N–H and O–H groups in total. The molecule has 0 fully saturated rings. The average Bonchev–Trinajstić information content (AvgIpc) is 1.59. The molecule has 0 radical (unpaired) electrons. The number of hydrogen-bond donors (Lipinski definition) is 6. The number of carbonyl (C=O) groups excluding carboxylic acids is 7. The predicted molar refractivity (Wildman–Crippen MR) is 508 cm³/mol. The van der Waals surface area contributed by atoms with Crippen molar-refractivity contribution in [2.75, 3.05) is 31.1 Å². The number of carboxylic acid groups (broad SMARTS) is 2. The van der Waals surface area contributed by atoms with Crippen molar-refractivity contribution in [1.82, 2.24) is 61.3 Å². The number of H-pyrrole nitrogens is 2. The molecule has 0 spiro atoms. The molecule has 46 heteroatoms. The van der Waals surface area contributed by atoms with Gasteiger partial charge in [0.05, 0.1) is 134 Å². The lowest BCUT2D eigenvalue weighted by molar-refractivity contribution is -0.140. The molecule has 6 amide bonds. The highest BCUT2D eigenvalue weighted by Crippen LogP contribution is 2.43. The standard InChI is InChI=1S/C27H21ClN4O8S.C25H16ClF3N4O5S.C24H19ClN4O5.C18H12ClN3O4/c1-31-20-10-8-14(28)12-17(20)22(32-25(34)16-6-4-5-7-19(16)29-27(32)36)23(31)24(33)30-41(37,38)15-9-11-21(39-2)18(13-15)26(35)40-3;1-32-18-11-10-13(26)12-15(18)20(33-23(35)14-6-2-4-8-17(14)30-24(33)36)21(32)22(34)31-39(37,38)19-9-5-3-7-16(19)25(27,28)29;1-27-18-8-5-14(25)9-16(18)20(22(27)24(32)33)29-19(30)10-17-21(23(29)31)28(12-26-17)11-13-3-6-15(34-2)7-4-13;1-21-13-3-2-10(19)7-11(13)15(16(21)18(25)26)22-14(23)6-9-4-5-20-8-12(9)17(22)24/h4-13H,1-3H3,(H,29,36)(H,30,33);2-12H,1H3,(H,30,36)(H,31,34);3-9,12H,10-11H2,1-2H3,(H,32,33);2-5,7-8H,6H2,1H3,(H,25,26). The molecular formula is C94H68Cl4F3N15O22S2. The Labute approximate surface area is 804 Å². The van der Waals surface area contributed by atoms with Crippen LogP contribution in [-0.4, -0.2) is 154 Å². The molecule has 0 aliphatic carbocycles. The van der Waals surface area contributed by atoms with Gasteiger partial charge in [0.1, 0.15) is 34.1 Å². The highest BCUT2D eigenvalue weighted by atomic mass is 35.5. The molecule has 0 atom stereocenters. The lowest BCUT2D eigenvalue weighted by atomic mass is 9.99. The molecule has 2 aliphatic heterocycles. The van der Waals surface area contributed by atoms with E-state index < -0.39 is 123 Å². The van der Waals surface area contributed by atoms with E-state index in [0.29, 0.717) is 77.6 Å². The first kappa shape index (κ1) is 96.6. The summed E-state index contributed by atoms with van der Waals surface area (Å²) in [4.78, 5) is 183. The lowest BCUT2D eigenvalue weighted by Gasteiger charge is -2.26. The van der Waals surface area contributed by atoms with Crippen LogP contribution in [0.3, 0.4) is 0 Å². The second kappa shape index (κ2) is 37.5. The fourth-order valence-electron chi connectivity index (χ4n) is 16.7. The Morgan fingerprint density at radius 3 is 1.40 bits per heavy atom. The van der Waals surface area contributed by atoms with Crippen LogP contribution in [0, 0.1) is 0 Å². The normalized spacial score (nSPS) is 12.6. The molecule has 0 bridgehead atoms. The van der Waals surface area contributed by atoms with E-state index in [1.54, 1.807) is 115 Å². The monoisotopic (exact) mass is 2020 g/mol. The van der Waals surface area contributed by atoms with Crippen molar-refractivity contribution < 1.29 is 97.6 Å². The Morgan fingerprint density at radius 2 is 0.936 bits per heavy atom. The van der Waals surface area contributed by atoms with Gasteiger partial charge in [0.25, 0.3) is 54.8 Å². The third kappa shape index (κ3) is 17.5. The number of imide groups is 2. The third-order valence-corrected chi connectivity index (χ3v) is 26.7. The number of amides is 6. The van der Waals surface area contributed by atoms with Gasteiger partial charge in [0.2, 0.25) is 11.8 Å². The number of aryl methyl sites for hydroxylation is 4. The van der Waals surface area contributed by atoms with Gasteiger partial charge >= 0.3 is 35.5 Å². The van der Waals surface area contributed by atoms with Gasteiger partial charge in [0.15, 0.2) is 11.4 Å². The SMILES string of the molecule is COC(=O)c1cc(S(=O)(=O)NC(=O)c2c(-n3c(=O)[nH]c4ccccc4c3=O)c3cc(Cl)ccc3n2C)ccc1OC.COc1ccc(Cn2cnc3c2C(=O)N(c2c(C(=O)O)n(C)c4ccc(Cl)cc24)C(=O)C3)cc1.Cn1c(C(=O)NS(=O)(=O)c2ccccc2C(F)(F)F)c(-n2c(=O)[nH]c3ccccc3c2=O)c2cc(Cl)ccc21.Cn1c(C(=O)O)c(N2C(=O)Cc3ccncc3C2=O)c2cc(Cl)ccc21. The van der Waals surface area contributed by atoms with Crippen molar-refractivity contribution in [2.45, 2.75) is 35.4 Å². The topological polar surface area (TPSA) is 481 Å². The number of ether oxygens (including phenoxy) is 3. The number of hydrogen-bond acceptors (Lipinski definition) is 22. The number of esters is 1. The van der Waals surface area contributed by atoms with E-state index in [4.69, 9.17) is 60.6 Å². The van der Waals surface area contributed by atoms with Crippen LogP contribution in [0.2, 0.25) is 20.1 Å². The molecule has 9 aromatic carbocycles. The van der Waals surface area contributed by atoms with Crippen molar-refractivity contribution in [1.29, 1.82) is 0 Å². The Morgan fingerprint density at radius 1 is 0.493 bits per heavy atom. The number of carboxylic acids is 2. The summed E-state index contributed by atoms with van der Waals surface area (Å²) in [6, 6.07) is 46.7. The second-order valence-corrected chi connectivity index (χ2v) is 36.3. The van der Waals surface area contributed by atoms with Crippen LogP contribution in [0.25, 0.3) is 76.8 Å². The number of methoxy groups -OCH3 is 3. The highest BCUT2D eigenvalue weighted by Gasteiger charge is 2.44. The number of aromatic nitrogens is 11. The summed E-state index contributed by atoms with van der Waals surface area (Å²) in [5.41, 5.74) is -1.93. The van der Waals surface area contributed by atoms with Crippen LogP contribution in [0.1, 0.15) is 95.5 Å². The maximum atomic E-state index is 13.7. The van der Waals surface area contributed by atoms with Crippen LogP contribution in [0.15, 0.2) is 242 Å². The zero-order valence-electron chi connectivity index (χ0n) is 73.3. The minimum absolute atomic E-state index is 0.00495. The van der Waals surface area contributed by atoms with E-state index in [-0.39, 0.29) is 123 Å². The first-order chi connectivity index (χ1) is 66.5. The summed E-state index contributed by atoms with van der Waals surface area (Å²) in [5.74, 6) is -7.40. The van der Waals surface area contributed by atoms with Gasteiger partial charge in [-0.2, -0.15) is 13.2 Å². The van der Waals surface area contributed by atoms with E-state index in [2.05, 4.69) is 19.9 Å². The van der Waals surface area contributed by atoms with E-state index in [9.17, 15) is 103 Å². The predicted octanol–water partition coefficient (Wildman–Crippen LogP) is 12.9. The average molecular weight is 2020 g/mol. The van der Waals surface area contributed by atoms with Crippen LogP contribution >= 0.6 is 46.4 Å². The highest BCUT2D eigenvalue weighted by molar-refractivity contribution is 7.90. The van der Waals surface area contributed by atoms with E-state index in [0.717, 1.165) is 51.3 Å². The lowest BCUT2D eigenvalue weighted by Crippen LogP contribution is -2.44. The summed E-state index contributed by atoms with van der Waals surface area (Å²) in [5, 5.41) is 22.3. The number of carbonyl (C=O) groups is 9. The van der Waals surface area contributed by atoms with Gasteiger partial charge < -0.3 is 57.2 Å². The molecule has 8 aromatic heterocycles. The maximum Gasteiger partial charge on any atom is 0.417 e. The second-order valence-electron chi connectivity index (χ2n) is 31.2. The van der Waals surface area contributed by atoms with Crippen molar-refractivity contribution in [3.63, 3.8) is 0 Å². The first-order valence-corrected chi connectivity index (χ1v) is 45.5. The molecule has 0 saturated heterocycles. The van der Waals surface area contributed by atoms with Gasteiger partial charge in [0, 0.05) is 88.8 Å². The number of halogens is 7. The maximum absolute atomic E-state index is 13.7. The largest absolute Gasteiger partial charge is 0.497 e.